The predicted molar refractivity (Wildman–Crippen MR) is 101 cm³/mol. The van der Waals surface area contributed by atoms with Gasteiger partial charge in [-0.1, -0.05) is 12.1 Å². The molecule has 4 aromatic rings. The summed E-state index contributed by atoms with van der Waals surface area (Å²) >= 11 is 0. The number of rotatable bonds is 4. The van der Waals surface area contributed by atoms with Crippen LogP contribution in [0.1, 0.15) is 5.56 Å². The highest BCUT2D eigenvalue weighted by molar-refractivity contribution is 5.87. The number of fused-ring (bicyclic) bond motifs is 1. The number of benzene rings is 2. The van der Waals surface area contributed by atoms with E-state index in [4.69, 9.17) is 0 Å². The van der Waals surface area contributed by atoms with Crippen molar-refractivity contribution in [2.75, 3.05) is 10.6 Å². The van der Waals surface area contributed by atoms with Crippen LogP contribution >= 0.6 is 0 Å². The molecule has 0 aliphatic heterocycles. The standard InChI is InChI=1S/C19H16N6O/c1-12-3-2-4-14(9-12)23-18-17-16(21-11-22-18)10-20-19(25-17)24-13-5-7-15(26)8-6-13/h2-11,26H,1H3,(H,20,24,25)(H,21,22,23). The van der Waals surface area contributed by atoms with Crippen LogP contribution in [0.15, 0.2) is 61.1 Å². The molecule has 0 fully saturated rings. The molecule has 0 amide bonds. The number of phenolic OH excluding ortho intramolecular Hbond substituents is 1. The minimum atomic E-state index is 0.202. The molecule has 0 bridgehead atoms. The van der Waals surface area contributed by atoms with E-state index in [-0.39, 0.29) is 5.75 Å². The predicted octanol–water partition coefficient (Wildman–Crippen LogP) is 3.92. The average molecular weight is 344 g/mol. The largest absolute Gasteiger partial charge is 0.508 e. The first-order valence-electron chi connectivity index (χ1n) is 8.05. The summed E-state index contributed by atoms with van der Waals surface area (Å²) in [5.41, 5.74) is 4.11. The highest BCUT2D eigenvalue weighted by atomic mass is 16.3. The van der Waals surface area contributed by atoms with E-state index in [9.17, 15) is 5.11 Å². The van der Waals surface area contributed by atoms with Gasteiger partial charge in [0.05, 0.1) is 6.20 Å². The van der Waals surface area contributed by atoms with Gasteiger partial charge in [0.25, 0.3) is 0 Å². The fourth-order valence-electron chi connectivity index (χ4n) is 2.54. The van der Waals surface area contributed by atoms with Crippen LogP contribution in [0.4, 0.5) is 23.1 Å². The molecule has 0 aliphatic carbocycles. The van der Waals surface area contributed by atoms with Crippen LogP contribution in [0.2, 0.25) is 0 Å². The van der Waals surface area contributed by atoms with Crippen LogP contribution in [0.5, 0.6) is 5.75 Å². The fraction of sp³-hybridized carbons (Fsp3) is 0.0526. The van der Waals surface area contributed by atoms with Crippen LogP contribution < -0.4 is 10.6 Å². The van der Waals surface area contributed by atoms with Crippen LogP contribution in [0, 0.1) is 6.92 Å². The average Bonchev–Trinajstić information content (AvgIpc) is 2.64. The van der Waals surface area contributed by atoms with Gasteiger partial charge in [-0.2, -0.15) is 0 Å². The summed E-state index contributed by atoms with van der Waals surface area (Å²) in [5.74, 6) is 1.23. The lowest BCUT2D eigenvalue weighted by atomic mass is 10.2. The second-order valence-corrected chi connectivity index (χ2v) is 5.82. The minimum absolute atomic E-state index is 0.202. The van der Waals surface area contributed by atoms with E-state index < -0.39 is 0 Å². The second kappa shape index (κ2) is 6.64. The van der Waals surface area contributed by atoms with Gasteiger partial charge in [-0.05, 0) is 48.9 Å². The zero-order valence-electron chi connectivity index (χ0n) is 14.0. The molecule has 0 unspecified atom stereocenters. The summed E-state index contributed by atoms with van der Waals surface area (Å²) in [5, 5.41) is 15.8. The van der Waals surface area contributed by atoms with Gasteiger partial charge in [-0.25, -0.2) is 19.9 Å². The summed E-state index contributed by atoms with van der Waals surface area (Å²) in [6.07, 6.45) is 3.13. The Balaban J connectivity index is 1.68. The van der Waals surface area contributed by atoms with Crippen molar-refractivity contribution in [3.05, 3.63) is 66.6 Å². The van der Waals surface area contributed by atoms with Gasteiger partial charge in [-0.15, -0.1) is 0 Å². The first kappa shape index (κ1) is 15.8. The molecule has 2 heterocycles. The maximum Gasteiger partial charge on any atom is 0.227 e. The maximum absolute atomic E-state index is 9.38. The van der Waals surface area contributed by atoms with Crippen LogP contribution in [-0.4, -0.2) is 25.0 Å². The van der Waals surface area contributed by atoms with Crippen molar-refractivity contribution >= 4 is 34.2 Å². The number of nitrogens with one attached hydrogen (secondary N) is 2. The summed E-state index contributed by atoms with van der Waals surface area (Å²) in [6.45, 7) is 2.03. The van der Waals surface area contributed by atoms with Gasteiger partial charge >= 0.3 is 0 Å². The van der Waals surface area contributed by atoms with E-state index >= 15 is 0 Å². The first-order valence-corrected chi connectivity index (χ1v) is 8.05. The molecule has 4 rings (SSSR count). The van der Waals surface area contributed by atoms with Crippen molar-refractivity contribution in [3.63, 3.8) is 0 Å². The van der Waals surface area contributed by atoms with Gasteiger partial charge in [0.15, 0.2) is 5.82 Å². The molecule has 0 aliphatic rings. The monoisotopic (exact) mass is 344 g/mol. The Hall–Kier alpha value is -3.74. The van der Waals surface area contributed by atoms with Crippen molar-refractivity contribution in [1.82, 2.24) is 19.9 Å². The minimum Gasteiger partial charge on any atom is -0.508 e. The smallest absolute Gasteiger partial charge is 0.227 e. The van der Waals surface area contributed by atoms with Crippen LogP contribution in [-0.2, 0) is 0 Å². The van der Waals surface area contributed by atoms with Crippen LogP contribution in [0.3, 0.4) is 0 Å². The van der Waals surface area contributed by atoms with E-state index in [1.165, 1.54) is 6.33 Å². The Bertz CT molecular complexity index is 1070. The zero-order valence-corrected chi connectivity index (χ0v) is 14.0. The molecular weight excluding hydrogens is 328 g/mol. The van der Waals surface area contributed by atoms with Gasteiger partial charge in [0.2, 0.25) is 5.95 Å². The maximum atomic E-state index is 9.38. The van der Waals surface area contributed by atoms with Gasteiger partial charge in [0, 0.05) is 11.4 Å². The lowest BCUT2D eigenvalue weighted by Gasteiger charge is -2.10. The molecule has 0 saturated carbocycles. The lowest BCUT2D eigenvalue weighted by Crippen LogP contribution is -2.01. The summed E-state index contributed by atoms with van der Waals surface area (Å²) in [4.78, 5) is 17.4. The zero-order chi connectivity index (χ0) is 17.9. The van der Waals surface area contributed by atoms with E-state index in [1.54, 1.807) is 30.5 Å². The fourth-order valence-corrected chi connectivity index (χ4v) is 2.54. The lowest BCUT2D eigenvalue weighted by molar-refractivity contribution is 0.475. The molecule has 3 N–H and O–H groups in total. The number of phenols is 1. The normalized spacial score (nSPS) is 10.7. The highest BCUT2D eigenvalue weighted by Crippen LogP contribution is 2.23. The second-order valence-electron chi connectivity index (χ2n) is 5.82. The number of aromatic hydroxyl groups is 1. The molecule has 0 saturated heterocycles. The number of nitrogens with zero attached hydrogens (tertiary/aromatic N) is 4. The quantitative estimate of drug-likeness (QED) is 0.483. The van der Waals surface area contributed by atoms with Gasteiger partial charge in [0.1, 0.15) is 23.1 Å². The third-order valence-corrected chi connectivity index (χ3v) is 3.78. The molecule has 2 aromatic heterocycles. The van der Waals surface area contributed by atoms with Gasteiger partial charge < -0.3 is 15.7 Å². The third kappa shape index (κ3) is 3.36. The first-order chi connectivity index (χ1) is 12.7. The molecule has 0 radical (unpaired) electrons. The molecule has 7 heteroatoms. The third-order valence-electron chi connectivity index (χ3n) is 3.78. The molecule has 0 atom stereocenters. The van der Waals surface area contributed by atoms with Crippen LogP contribution in [0.25, 0.3) is 11.0 Å². The van der Waals surface area contributed by atoms with Crippen molar-refractivity contribution in [2.45, 2.75) is 6.92 Å². The van der Waals surface area contributed by atoms with Crippen molar-refractivity contribution in [3.8, 4) is 5.75 Å². The number of aryl methyl sites for hydroxylation is 1. The number of hydrogen-bond donors (Lipinski definition) is 3. The Morgan fingerprint density at radius 2 is 1.73 bits per heavy atom. The molecule has 2 aromatic carbocycles. The van der Waals surface area contributed by atoms with E-state index in [2.05, 4.69) is 30.6 Å². The Morgan fingerprint density at radius 3 is 2.54 bits per heavy atom. The van der Waals surface area contributed by atoms with Crippen molar-refractivity contribution < 1.29 is 5.11 Å². The summed E-state index contributed by atoms with van der Waals surface area (Å²) in [6, 6.07) is 14.7. The molecule has 7 nitrogen and oxygen atoms in total. The number of aromatic nitrogens is 4. The van der Waals surface area contributed by atoms with E-state index in [0.717, 1.165) is 16.9 Å². The summed E-state index contributed by atoms with van der Waals surface area (Å²) in [7, 11) is 0. The Labute approximate surface area is 149 Å². The topological polar surface area (TPSA) is 95.9 Å². The van der Waals surface area contributed by atoms with Crippen molar-refractivity contribution in [1.29, 1.82) is 0 Å². The number of hydrogen-bond acceptors (Lipinski definition) is 7. The SMILES string of the molecule is Cc1cccc(Nc2ncnc3cnc(Nc4ccc(O)cc4)nc23)c1. The molecule has 26 heavy (non-hydrogen) atoms. The highest BCUT2D eigenvalue weighted by Gasteiger charge is 2.08. The van der Waals surface area contributed by atoms with Crippen molar-refractivity contribution in [2.24, 2.45) is 0 Å². The van der Waals surface area contributed by atoms with E-state index in [0.29, 0.717) is 22.8 Å². The summed E-state index contributed by atoms with van der Waals surface area (Å²) < 4.78 is 0. The number of anilines is 4. The molecule has 0 spiro atoms. The molecule has 128 valence electrons. The van der Waals surface area contributed by atoms with E-state index in [1.807, 2.05) is 31.2 Å². The van der Waals surface area contributed by atoms with Gasteiger partial charge in [-0.3, -0.25) is 0 Å². The Morgan fingerprint density at radius 1 is 0.885 bits per heavy atom. The molecular formula is C19H16N6O. The Kier molecular flexibility index (Phi) is 4.03.